The summed E-state index contributed by atoms with van der Waals surface area (Å²) in [6, 6.07) is 0. The second-order valence-corrected chi connectivity index (χ2v) is 0.616. The van der Waals surface area contributed by atoms with Gasteiger partial charge in [-0.3, -0.25) is 4.79 Å². The van der Waals surface area contributed by atoms with Crippen molar-refractivity contribution in [1.82, 2.24) is 0 Å². The summed E-state index contributed by atoms with van der Waals surface area (Å²) in [7, 11) is 0. The fourth-order valence-electron chi connectivity index (χ4n) is 0.0264. The van der Waals surface area contributed by atoms with Crippen LogP contribution in [0, 0.1) is 0 Å². The second-order valence-electron chi connectivity index (χ2n) is 0.616. The number of hydrogen-bond acceptors (Lipinski definition) is 3. The molecule has 0 aromatic rings. The third kappa shape index (κ3) is 1.34. The van der Waals surface area contributed by atoms with E-state index in [0.717, 1.165) is 6.29 Å². The maximum absolute atomic E-state index is 9.13. The quantitative estimate of drug-likeness (QED) is 0.351. The molecule has 1 radical (unpaired) electrons. The molecule has 33 valence electrons. The Bertz CT molecular complexity index is 74.1. The van der Waals surface area contributed by atoms with E-state index in [1.165, 1.54) is 0 Å². The van der Waals surface area contributed by atoms with Gasteiger partial charge in [-0.15, -0.1) is 0 Å². The molecule has 0 amide bonds. The average Bonchev–Trinajstić information content (AvgIpc) is 1.65. The minimum Gasteiger partial charge on any atom is -0.512 e. The zero-order valence-corrected chi connectivity index (χ0v) is 2.88. The monoisotopic (exact) mass is 87.0 g/mol. The van der Waals surface area contributed by atoms with Gasteiger partial charge in [0, 0.05) is 0 Å². The molecule has 0 aromatic carbocycles. The molecule has 2 N–H and O–H groups in total. The molecular formula is C3H3O3. The zero-order chi connectivity index (χ0) is 4.99. The second kappa shape index (κ2) is 2.26. The van der Waals surface area contributed by atoms with Crippen LogP contribution in [-0.2, 0) is 4.79 Å². The molecule has 0 fully saturated rings. The summed E-state index contributed by atoms with van der Waals surface area (Å²) < 4.78 is 0. The van der Waals surface area contributed by atoms with E-state index in [4.69, 9.17) is 15.0 Å². The highest BCUT2D eigenvalue weighted by molar-refractivity contribution is 5.69. The van der Waals surface area contributed by atoms with E-state index in [2.05, 4.69) is 0 Å². The summed E-state index contributed by atoms with van der Waals surface area (Å²) in [4.78, 5) is 9.13. The molecule has 0 bridgehead atoms. The molecule has 0 aliphatic heterocycles. The summed E-state index contributed by atoms with van der Waals surface area (Å²) in [5.41, 5.74) is 0. The van der Waals surface area contributed by atoms with Crippen LogP contribution in [0.5, 0.6) is 0 Å². The molecule has 0 unspecified atom stereocenters. The van der Waals surface area contributed by atoms with Crippen LogP contribution in [0.25, 0.3) is 0 Å². The van der Waals surface area contributed by atoms with E-state index in [1.54, 1.807) is 0 Å². The summed E-state index contributed by atoms with van der Waals surface area (Å²) in [5.74, 6) is -0.782. The molecule has 3 heteroatoms. The molecule has 0 spiro atoms. The molecule has 0 heterocycles. The van der Waals surface area contributed by atoms with Gasteiger partial charge >= 0.3 is 0 Å². The van der Waals surface area contributed by atoms with E-state index in [9.17, 15) is 0 Å². The molecule has 0 aromatic heterocycles. The minimum absolute atomic E-state index is 0.271. The number of carbonyl (C=O) groups excluding carboxylic acids is 1. The minimum atomic E-state index is -0.782. The van der Waals surface area contributed by atoms with E-state index < -0.39 is 5.76 Å². The van der Waals surface area contributed by atoms with Gasteiger partial charge in [0.1, 0.15) is 6.26 Å². The van der Waals surface area contributed by atoms with Crippen molar-refractivity contribution in [3.8, 4) is 0 Å². The maximum Gasteiger partial charge on any atom is 0.274 e. The Morgan fingerprint density at radius 1 is 1.83 bits per heavy atom. The maximum atomic E-state index is 9.13. The third-order valence-electron chi connectivity index (χ3n) is 0.227. The largest absolute Gasteiger partial charge is 0.512 e. The Kier molecular flexibility index (Phi) is 1.89. The van der Waals surface area contributed by atoms with E-state index in [0.29, 0.717) is 0 Å². The van der Waals surface area contributed by atoms with Crippen molar-refractivity contribution >= 4 is 6.29 Å². The van der Waals surface area contributed by atoms with Crippen LogP contribution in [-0.4, -0.2) is 16.5 Å². The predicted octanol–water partition coefficient (Wildman–Crippen LogP) is 0.0535. The molecule has 0 rings (SSSR count). The van der Waals surface area contributed by atoms with Crippen molar-refractivity contribution in [2.45, 2.75) is 0 Å². The molecule has 0 saturated carbocycles. The summed E-state index contributed by atoms with van der Waals surface area (Å²) in [5, 5.41) is 15.5. The molecule has 3 nitrogen and oxygen atoms in total. The Morgan fingerprint density at radius 2 is 2.33 bits per heavy atom. The molecule has 0 aliphatic carbocycles. The molecule has 6 heavy (non-hydrogen) atoms. The zero-order valence-electron chi connectivity index (χ0n) is 2.88. The number of aliphatic hydroxyl groups excluding tert-OH is 2. The lowest BCUT2D eigenvalue weighted by Crippen LogP contribution is -1.77. The summed E-state index contributed by atoms with van der Waals surface area (Å²) in [6.07, 6.45) is 1.30. The first kappa shape index (κ1) is 5.01. The van der Waals surface area contributed by atoms with Crippen LogP contribution in [0.3, 0.4) is 0 Å². The van der Waals surface area contributed by atoms with Crippen LogP contribution in [0.2, 0.25) is 0 Å². The van der Waals surface area contributed by atoms with Crippen molar-refractivity contribution in [1.29, 1.82) is 0 Å². The lowest BCUT2D eigenvalue weighted by atomic mass is 10.6. The first-order valence-electron chi connectivity index (χ1n) is 1.22. The van der Waals surface area contributed by atoms with Crippen molar-refractivity contribution in [3.05, 3.63) is 12.0 Å². The third-order valence-corrected chi connectivity index (χ3v) is 0.227. The molecular weight excluding hydrogens is 84.0 g/mol. The summed E-state index contributed by atoms with van der Waals surface area (Å²) >= 11 is 0. The van der Waals surface area contributed by atoms with Gasteiger partial charge < -0.3 is 10.2 Å². The first-order valence-corrected chi connectivity index (χ1v) is 1.22. The Hall–Kier alpha value is -0.990. The smallest absolute Gasteiger partial charge is 0.274 e. The first-order chi connectivity index (χ1) is 2.81. The molecule has 0 atom stereocenters. The Morgan fingerprint density at radius 3 is 2.33 bits per heavy atom. The highest BCUT2D eigenvalue weighted by Crippen LogP contribution is 1.71. The standard InChI is InChI=1S/C3H3O3/c4-1-3(6)2-5/h1,4,6H/b3-1+. The van der Waals surface area contributed by atoms with Gasteiger partial charge in [0.05, 0.1) is 0 Å². The number of hydrogen-bond donors (Lipinski definition) is 2. The summed E-state index contributed by atoms with van der Waals surface area (Å²) in [6.45, 7) is 0. The van der Waals surface area contributed by atoms with Gasteiger partial charge in [0.2, 0.25) is 5.76 Å². The van der Waals surface area contributed by atoms with Gasteiger partial charge in [-0.25, -0.2) is 0 Å². The lowest BCUT2D eigenvalue weighted by molar-refractivity contribution is 0.378. The average molecular weight is 87.1 g/mol. The molecule has 0 aliphatic rings. The van der Waals surface area contributed by atoms with Crippen molar-refractivity contribution in [2.24, 2.45) is 0 Å². The SMILES string of the molecule is O=[C]/C(O)=C\O. The number of aliphatic hydroxyl groups is 2. The van der Waals surface area contributed by atoms with Gasteiger partial charge in [-0.2, -0.15) is 0 Å². The van der Waals surface area contributed by atoms with Crippen LogP contribution in [0.4, 0.5) is 0 Å². The van der Waals surface area contributed by atoms with Gasteiger partial charge in [0.15, 0.2) is 0 Å². The highest BCUT2D eigenvalue weighted by atomic mass is 16.3. The van der Waals surface area contributed by atoms with E-state index in [1.807, 2.05) is 0 Å². The van der Waals surface area contributed by atoms with Gasteiger partial charge in [-0.05, 0) is 0 Å². The van der Waals surface area contributed by atoms with Gasteiger partial charge in [-0.1, -0.05) is 0 Å². The van der Waals surface area contributed by atoms with Crippen LogP contribution >= 0.6 is 0 Å². The predicted molar refractivity (Wildman–Crippen MR) is 19.0 cm³/mol. The number of allylic oxidation sites excluding steroid dienone is 1. The molecule has 0 saturated heterocycles. The van der Waals surface area contributed by atoms with Gasteiger partial charge in [0.25, 0.3) is 6.29 Å². The van der Waals surface area contributed by atoms with E-state index >= 15 is 0 Å². The highest BCUT2D eigenvalue weighted by Gasteiger charge is 1.81. The normalized spacial score (nSPS) is 11.0. The fraction of sp³-hybridized carbons (Fsp3) is 0. The fourth-order valence-corrected chi connectivity index (χ4v) is 0.0264. The van der Waals surface area contributed by atoms with E-state index in [-0.39, 0.29) is 6.26 Å². The van der Waals surface area contributed by atoms with Crippen LogP contribution in [0.1, 0.15) is 0 Å². The Labute approximate surface area is 34.5 Å². The Balaban J connectivity index is 3.50. The lowest BCUT2D eigenvalue weighted by Gasteiger charge is -1.72. The number of rotatable bonds is 1. The van der Waals surface area contributed by atoms with Crippen molar-refractivity contribution in [2.75, 3.05) is 0 Å². The van der Waals surface area contributed by atoms with Crippen LogP contribution in [0.15, 0.2) is 12.0 Å². The topological polar surface area (TPSA) is 57.5 Å². The van der Waals surface area contributed by atoms with Crippen LogP contribution < -0.4 is 0 Å². The van der Waals surface area contributed by atoms with Crippen molar-refractivity contribution in [3.63, 3.8) is 0 Å². The van der Waals surface area contributed by atoms with Crippen molar-refractivity contribution < 1.29 is 15.0 Å².